The fourth-order valence-corrected chi connectivity index (χ4v) is 1.38. The SMILES string of the molecule is NC(=O)CC(N)c1cc(F)ccc1Cl. The van der Waals surface area contributed by atoms with Crippen LogP contribution in [0.5, 0.6) is 0 Å². The molecule has 0 saturated heterocycles. The highest BCUT2D eigenvalue weighted by Crippen LogP contribution is 2.24. The second-order valence-corrected chi connectivity index (χ2v) is 3.35. The molecule has 0 radical (unpaired) electrons. The van der Waals surface area contributed by atoms with Gasteiger partial charge in [-0.3, -0.25) is 4.79 Å². The fourth-order valence-electron chi connectivity index (χ4n) is 1.13. The van der Waals surface area contributed by atoms with Gasteiger partial charge in [-0.1, -0.05) is 11.6 Å². The molecule has 0 aliphatic rings. The number of rotatable bonds is 3. The van der Waals surface area contributed by atoms with Gasteiger partial charge in [-0.05, 0) is 23.8 Å². The molecule has 1 unspecified atom stereocenters. The maximum Gasteiger partial charge on any atom is 0.219 e. The van der Waals surface area contributed by atoms with Gasteiger partial charge in [0.25, 0.3) is 0 Å². The summed E-state index contributed by atoms with van der Waals surface area (Å²) in [6, 6.07) is 3.17. The quantitative estimate of drug-likeness (QED) is 0.801. The lowest BCUT2D eigenvalue weighted by Crippen LogP contribution is -2.21. The molecule has 0 heterocycles. The maximum atomic E-state index is 12.8. The number of carbonyl (C=O) groups excluding carboxylic acids is 1. The van der Waals surface area contributed by atoms with E-state index in [0.717, 1.165) is 0 Å². The Hall–Kier alpha value is -1.13. The van der Waals surface area contributed by atoms with Crippen LogP contribution in [0.2, 0.25) is 5.02 Å². The summed E-state index contributed by atoms with van der Waals surface area (Å²) < 4.78 is 12.8. The van der Waals surface area contributed by atoms with E-state index in [1.165, 1.54) is 18.2 Å². The van der Waals surface area contributed by atoms with Gasteiger partial charge in [-0.15, -0.1) is 0 Å². The first-order chi connectivity index (χ1) is 6.50. The van der Waals surface area contributed by atoms with Gasteiger partial charge in [-0.25, -0.2) is 4.39 Å². The van der Waals surface area contributed by atoms with E-state index < -0.39 is 17.8 Å². The minimum absolute atomic E-state index is 0.0524. The zero-order valence-corrected chi connectivity index (χ0v) is 8.09. The van der Waals surface area contributed by atoms with Crippen LogP contribution in [-0.2, 0) is 4.79 Å². The first-order valence-electron chi connectivity index (χ1n) is 3.99. The van der Waals surface area contributed by atoms with Crippen molar-refractivity contribution in [1.29, 1.82) is 0 Å². The summed E-state index contributed by atoms with van der Waals surface area (Å²) in [6.07, 6.45) is -0.0524. The second-order valence-electron chi connectivity index (χ2n) is 2.94. The largest absolute Gasteiger partial charge is 0.370 e. The molecule has 0 saturated carbocycles. The number of benzene rings is 1. The summed E-state index contributed by atoms with van der Waals surface area (Å²) in [5, 5.41) is 0.333. The summed E-state index contributed by atoms with van der Waals surface area (Å²) >= 11 is 5.78. The van der Waals surface area contributed by atoms with Crippen molar-refractivity contribution in [3.63, 3.8) is 0 Å². The van der Waals surface area contributed by atoms with E-state index in [1.54, 1.807) is 0 Å². The monoisotopic (exact) mass is 216 g/mol. The molecule has 1 aromatic carbocycles. The molecule has 0 spiro atoms. The minimum atomic E-state index is -0.657. The molecular formula is C9H10ClFN2O. The smallest absolute Gasteiger partial charge is 0.219 e. The van der Waals surface area contributed by atoms with Crippen molar-refractivity contribution in [3.8, 4) is 0 Å². The van der Waals surface area contributed by atoms with Crippen molar-refractivity contribution < 1.29 is 9.18 Å². The Morgan fingerprint density at radius 2 is 2.21 bits per heavy atom. The number of halogens is 2. The summed E-state index contributed by atoms with van der Waals surface area (Å²) in [7, 11) is 0. The second kappa shape index (κ2) is 4.39. The zero-order valence-electron chi connectivity index (χ0n) is 7.34. The molecule has 76 valence electrons. The predicted octanol–water partition coefficient (Wildman–Crippen LogP) is 1.35. The molecule has 0 aliphatic heterocycles. The van der Waals surface area contributed by atoms with Crippen LogP contribution in [0, 0.1) is 5.82 Å². The molecular weight excluding hydrogens is 207 g/mol. The van der Waals surface area contributed by atoms with Crippen LogP contribution >= 0.6 is 11.6 Å². The van der Waals surface area contributed by atoms with E-state index in [1.807, 2.05) is 0 Å². The van der Waals surface area contributed by atoms with E-state index in [4.69, 9.17) is 23.1 Å². The average molecular weight is 217 g/mol. The molecule has 3 nitrogen and oxygen atoms in total. The minimum Gasteiger partial charge on any atom is -0.370 e. The predicted molar refractivity (Wildman–Crippen MR) is 52.1 cm³/mol. The maximum absolute atomic E-state index is 12.8. The van der Waals surface area contributed by atoms with Crippen LogP contribution in [0.1, 0.15) is 18.0 Å². The number of hydrogen-bond acceptors (Lipinski definition) is 2. The van der Waals surface area contributed by atoms with Crippen molar-refractivity contribution in [3.05, 3.63) is 34.6 Å². The van der Waals surface area contributed by atoms with Crippen molar-refractivity contribution in [2.75, 3.05) is 0 Å². The molecule has 1 atom stereocenters. The van der Waals surface area contributed by atoms with Crippen LogP contribution in [0.15, 0.2) is 18.2 Å². The molecule has 4 N–H and O–H groups in total. The van der Waals surface area contributed by atoms with Crippen molar-refractivity contribution in [2.45, 2.75) is 12.5 Å². The lowest BCUT2D eigenvalue weighted by molar-refractivity contribution is -0.118. The number of primary amides is 1. The fraction of sp³-hybridized carbons (Fsp3) is 0.222. The van der Waals surface area contributed by atoms with Gasteiger partial charge in [0.2, 0.25) is 5.91 Å². The standard InChI is InChI=1S/C9H10ClFN2O/c10-7-2-1-5(11)3-6(7)8(12)4-9(13)14/h1-3,8H,4,12H2,(H2,13,14). The first-order valence-corrected chi connectivity index (χ1v) is 4.37. The number of hydrogen-bond donors (Lipinski definition) is 2. The molecule has 0 aromatic heterocycles. The zero-order chi connectivity index (χ0) is 10.7. The molecule has 1 rings (SSSR count). The lowest BCUT2D eigenvalue weighted by Gasteiger charge is -2.11. The number of nitrogens with two attached hydrogens (primary N) is 2. The van der Waals surface area contributed by atoms with Gasteiger partial charge >= 0.3 is 0 Å². The van der Waals surface area contributed by atoms with Gasteiger partial charge < -0.3 is 11.5 Å². The van der Waals surface area contributed by atoms with Crippen molar-refractivity contribution >= 4 is 17.5 Å². The van der Waals surface area contributed by atoms with Gasteiger partial charge in [0.1, 0.15) is 5.82 Å². The molecule has 0 bridgehead atoms. The van der Waals surface area contributed by atoms with Gasteiger partial charge in [0.15, 0.2) is 0 Å². The summed E-state index contributed by atoms with van der Waals surface area (Å²) in [5.41, 5.74) is 11.0. The highest BCUT2D eigenvalue weighted by Gasteiger charge is 2.13. The molecule has 1 aromatic rings. The third-order valence-corrected chi connectivity index (χ3v) is 2.12. The van der Waals surface area contributed by atoms with Gasteiger partial charge in [0, 0.05) is 17.5 Å². The average Bonchev–Trinajstić information content (AvgIpc) is 2.08. The number of carbonyl (C=O) groups is 1. The van der Waals surface area contributed by atoms with E-state index in [-0.39, 0.29) is 6.42 Å². The Balaban J connectivity index is 2.93. The Morgan fingerprint density at radius 3 is 2.79 bits per heavy atom. The van der Waals surface area contributed by atoms with Crippen molar-refractivity contribution in [1.82, 2.24) is 0 Å². The lowest BCUT2D eigenvalue weighted by atomic mass is 10.0. The third-order valence-electron chi connectivity index (χ3n) is 1.78. The van der Waals surface area contributed by atoms with E-state index in [0.29, 0.717) is 10.6 Å². The number of amides is 1. The molecule has 14 heavy (non-hydrogen) atoms. The first kappa shape index (κ1) is 10.9. The van der Waals surface area contributed by atoms with E-state index in [9.17, 15) is 9.18 Å². The molecule has 0 aliphatic carbocycles. The Kier molecular flexibility index (Phi) is 3.43. The van der Waals surface area contributed by atoms with E-state index in [2.05, 4.69) is 0 Å². The highest BCUT2D eigenvalue weighted by molar-refractivity contribution is 6.31. The van der Waals surface area contributed by atoms with E-state index >= 15 is 0 Å². The van der Waals surface area contributed by atoms with Crippen LogP contribution < -0.4 is 11.5 Å². The van der Waals surface area contributed by atoms with Gasteiger partial charge in [0.05, 0.1) is 0 Å². The van der Waals surface area contributed by atoms with Crippen LogP contribution in [-0.4, -0.2) is 5.91 Å². The summed E-state index contributed by atoms with van der Waals surface area (Å²) in [5.74, 6) is -0.984. The topological polar surface area (TPSA) is 69.1 Å². The highest BCUT2D eigenvalue weighted by atomic mass is 35.5. The third kappa shape index (κ3) is 2.68. The Morgan fingerprint density at radius 1 is 1.57 bits per heavy atom. The van der Waals surface area contributed by atoms with Crippen LogP contribution in [0.3, 0.4) is 0 Å². The van der Waals surface area contributed by atoms with Gasteiger partial charge in [-0.2, -0.15) is 0 Å². The van der Waals surface area contributed by atoms with Crippen LogP contribution in [0.25, 0.3) is 0 Å². The summed E-state index contributed by atoms with van der Waals surface area (Å²) in [6.45, 7) is 0. The van der Waals surface area contributed by atoms with Crippen molar-refractivity contribution in [2.24, 2.45) is 11.5 Å². The normalized spacial score (nSPS) is 12.5. The molecule has 0 fully saturated rings. The van der Waals surface area contributed by atoms with Crippen LogP contribution in [0.4, 0.5) is 4.39 Å². The Bertz CT molecular complexity index is 357. The Labute approximate surface area is 85.8 Å². The summed E-state index contributed by atoms with van der Waals surface area (Å²) in [4.78, 5) is 10.6. The molecule has 5 heteroatoms. The molecule has 1 amide bonds.